The second kappa shape index (κ2) is 5.85. The number of anilines is 1. The lowest BCUT2D eigenvalue weighted by atomic mass is 10.1. The molecule has 0 aromatic heterocycles. The lowest BCUT2D eigenvalue weighted by Crippen LogP contribution is -2.24. The van der Waals surface area contributed by atoms with Gasteiger partial charge in [-0.25, -0.2) is 17.9 Å². The predicted molar refractivity (Wildman–Crippen MR) is 71.9 cm³/mol. The Balaban J connectivity index is 1.93. The minimum atomic E-state index is -3.85. The van der Waals surface area contributed by atoms with E-state index in [1.807, 2.05) is 0 Å². The average molecular weight is 287 g/mol. The molecule has 0 radical (unpaired) electrons. The summed E-state index contributed by atoms with van der Waals surface area (Å²) in [5.41, 5.74) is 0.297. The zero-order chi connectivity index (χ0) is 13.9. The number of hydrogen-bond acceptors (Lipinski definition) is 4. The van der Waals surface area contributed by atoms with Crippen molar-refractivity contribution in [1.82, 2.24) is 5.32 Å². The number of benzene rings is 1. The van der Waals surface area contributed by atoms with E-state index in [-0.39, 0.29) is 4.90 Å². The molecule has 7 heteroatoms. The molecule has 1 aromatic carbocycles. The van der Waals surface area contributed by atoms with Crippen LogP contribution < -0.4 is 15.8 Å². The monoisotopic (exact) mass is 287 g/mol. The van der Waals surface area contributed by atoms with Gasteiger partial charge in [0.1, 0.15) is 5.82 Å². The van der Waals surface area contributed by atoms with Crippen LogP contribution in [-0.2, 0) is 10.0 Å². The van der Waals surface area contributed by atoms with Crippen molar-refractivity contribution in [2.75, 3.05) is 18.4 Å². The summed E-state index contributed by atoms with van der Waals surface area (Å²) in [4.78, 5) is -0.215. The molecule has 1 saturated heterocycles. The minimum Gasteiger partial charge on any atom is -0.383 e. The van der Waals surface area contributed by atoms with Gasteiger partial charge in [-0.2, -0.15) is 0 Å². The lowest BCUT2D eigenvalue weighted by Gasteiger charge is -2.12. The van der Waals surface area contributed by atoms with Crippen molar-refractivity contribution in [2.24, 2.45) is 5.14 Å². The van der Waals surface area contributed by atoms with E-state index in [0.29, 0.717) is 18.3 Å². The Morgan fingerprint density at radius 3 is 2.84 bits per heavy atom. The van der Waals surface area contributed by atoms with Crippen LogP contribution in [0.3, 0.4) is 0 Å². The SMILES string of the molecule is NS(=O)(=O)c1ccc(NCCC2CCCN2)c(F)c1. The molecule has 1 unspecified atom stereocenters. The van der Waals surface area contributed by atoms with Gasteiger partial charge in [0.15, 0.2) is 0 Å². The van der Waals surface area contributed by atoms with Crippen LogP contribution in [-0.4, -0.2) is 27.5 Å². The van der Waals surface area contributed by atoms with E-state index in [4.69, 9.17) is 5.14 Å². The molecule has 1 fully saturated rings. The van der Waals surface area contributed by atoms with E-state index >= 15 is 0 Å². The van der Waals surface area contributed by atoms with Crippen molar-refractivity contribution < 1.29 is 12.8 Å². The summed E-state index contributed by atoms with van der Waals surface area (Å²) in [5, 5.41) is 11.3. The van der Waals surface area contributed by atoms with Gasteiger partial charge in [-0.3, -0.25) is 0 Å². The minimum absolute atomic E-state index is 0.215. The first-order valence-corrected chi connectivity index (χ1v) is 7.81. The number of rotatable bonds is 5. The van der Waals surface area contributed by atoms with E-state index in [2.05, 4.69) is 10.6 Å². The molecule has 1 atom stereocenters. The fourth-order valence-corrected chi connectivity index (χ4v) is 2.73. The first kappa shape index (κ1) is 14.2. The Morgan fingerprint density at radius 1 is 1.47 bits per heavy atom. The van der Waals surface area contributed by atoms with Gasteiger partial charge in [0.25, 0.3) is 0 Å². The van der Waals surface area contributed by atoms with E-state index in [0.717, 1.165) is 25.5 Å². The molecule has 0 aliphatic carbocycles. The normalized spacial score (nSPS) is 19.6. The third kappa shape index (κ3) is 3.89. The highest BCUT2D eigenvalue weighted by molar-refractivity contribution is 7.89. The summed E-state index contributed by atoms with van der Waals surface area (Å²) in [5.74, 6) is -0.606. The zero-order valence-electron chi connectivity index (χ0n) is 10.5. The van der Waals surface area contributed by atoms with Crippen LogP contribution in [0.4, 0.5) is 10.1 Å². The Hall–Kier alpha value is -1.18. The fourth-order valence-electron chi connectivity index (χ4n) is 2.20. The molecule has 0 bridgehead atoms. The molecule has 0 saturated carbocycles. The van der Waals surface area contributed by atoms with Crippen molar-refractivity contribution >= 4 is 15.7 Å². The fraction of sp³-hybridized carbons (Fsp3) is 0.500. The van der Waals surface area contributed by atoms with Crippen molar-refractivity contribution in [3.8, 4) is 0 Å². The number of sulfonamides is 1. The second-order valence-corrected chi connectivity index (χ2v) is 6.26. The molecule has 106 valence electrons. The lowest BCUT2D eigenvalue weighted by molar-refractivity contribution is 0.571. The summed E-state index contributed by atoms with van der Waals surface area (Å²) < 4.78 is 35.8. The van der Waals surface area contributed by atoms with Crippen LogP contribution in [0, 0.1) is 5.82 Å². The van der Waals surface area contributed by atoms with E-state index in [9.17, 15) is 12.8 Å². The number of halogens is 1. The topological polar surface area (TPSA) is 84.2 Å². The van der Waals surface area contributed by atoms with Crippen molar-refractivity contribution in [1.29, 1.82) is 0 Å². The standard InChI is InChI=1S/C12H18FN3O2S/c13-11-8-10(19(14,17)18)3-4-12(11)16-7-5-9-2-1-6-15-9/h3-4,8-9,15-16H,1-2,5-7H2,(H2,14,17,18). The maximum atomic E-state index is 13.7. The molecule has 0 spiro atoms. The van der Waals surface area contributed by atoms with Gasteiger partial charge in [-0.1, -0.05) is 0 Å². The Bertz CT molecular complexity index is 542. The second-order valence-electron chi connectivity index (χ2n) is 4.70. The molecule has 1 aliphatic rings. The smallest absolute Gasteiger partial charge is 0.238 e. The van der Waals surface area contributed by atoms with E-state index in [1.165, 1.54) is 18.6 Å². The number of hydrogen-bond donors (Lipinski definition) is 3. The molecule has 2 rings (SSSR count). The zero-order valence-corrected chi connectivity index (χ0v) is 11.3. The van der Waals surface area contributed by atoms with Gasteiger partial charge in [-0.15, -0.1) is 0 Å². The molecule has 1 aromatic rings. The van der Waals surface area contributed by atoms with Gasteiger partial charge in [0, 0.05) is 12.6 Å². The largest absolute Gasteiger partial charge is 0.383 e. The molecular weight excluding hydrogens is 269 g/mol. The van der Waals surface area contributed by atoms with Crippen molar-refractivity contribution in [2.45, 2.75) is 30.2 Å². The quantitative estimate of drug-likeness (QED) is 0.755. The molecule has 1 aliphatic heterocycles. The summed E-state index contributed by atoms with van der Waals surface area (Å²) in [7, 11) is -3.85. The maximum absolute atomic E-state index is 13.7. The van der Waals surface area contributed by atoms with Gasteiger partial charge in [0.05, 0.1) is 10.6 Å². The molecule has 1 heterocycles. The first-order valence-electron chi connectivity index (χ1n) is 6.26. The highest BCUT2D eigenvalue weighted by Crippen LogP contribution is 2.18. The van der Waals surface area contributed by atoms with Gasteiger partial charge in [0.2, 0.25) is 10.0 Å². The highest BCUT2D eigenvalue weighted by Gasteiger charge is 2.14. The molecule has 5 nitrogen and oxygen atoms in total. The molecular formula is C12H18FN3O2S. The maximum Gasteiger partial charge on any atom is 0.238 e. The Labute approximate surface area is 112 Å². The first-order chi connectivity index (χ1) is 8.97. The van der Waals surface area contributed by atoms with Gasteiger partial charge in [-0.05, 0) is 44.0 Å². The van der Waals surface area contributed by atoms with Crippen LogP contribution in [0.2, 0.25) is 0 Å². The summed E-state index contributed by atoms with van der Waals surface area (Å²) in [6.07, 6.45) is 3.24. The summed E-state index contributed by atoms with van der Waals surface area (Å²) in [6.45, 7) is 1.69. The predicted octanol–water partition coefficient (Wildman–Crippen LogP) is 1.03. The molecule has 0 amide bonds. The van der Waals surface area contributed by atoms with Gasteiger partial charge < -0.3 is 10.6 Å². The molecule has 4 N–H and O–H groups in total. The number of nitrogens with one attached hydrogen (secondary N) is 2. The van der Waals surface area contributed by atoms with E-state index in [1.54, 1.807) is 0 Å². The van der Waals surface area contributed by atoms with Gasteiger partial charge >= 0.3 is 0 Å². The third-order valence-corrected chi connectivity index (χ3v) is 4.15. The third-order valence-electron chi connectivity index (χ3n) is 3.24. The Kier molecular flexibility index (Phi) is 4.38. The van der Waals surface area contributed by atoms with Crippen molar-refractivity contribution in [3.05, 3.63) is 24.0 Å². The summed E-state index contributed by atoms with van der Waals surface area (Å²) >= 11 is 0. The molecule has 19 heavy (non-hydrogen) atoms. The van der Waals surface area contributed by atoms with Crippen LogP contribution >= 0.6 is 0 Å². The van der Waals surface area contributed by atoms with Crippen LogP contribution in [0.25, 0.3) is 0 Å². The number of nitrogens with two attached hydrogens (primary N) is 1. The van der Waals surface area contributed by atoms with Crippen molar-refractivity contribution in [3.63, 3.8) is 0 Å². The number of primary sulfonamides is 1. The van der Waals surface area contributed by atoms with E-state index < -0.39 is 15.8 Å². The van der Waals surface area contributed by atoms with Crippen LogP contribution in [0.15, 0.2) is 23.1 Å². The highest BCUT2D eigenvalue weighted by atomic mass is 32.2. The Morgan fingerprint density at radius 2 is 2.26 bits per heavy atom. The van der Waals surface area contributed by atoms with Crippen LogP contribution in [0.1, 0.15) is 19.3 Å². The summed E-state index contributed by atoms with van der Waals surface area (Å²) in [6, 6.07) is 4.12. The average Bonchev–Trinajstić information content (AvgIpc) is 2.83. The van der Waals surface area contributed by atoms with Crippen LogP contribution in [0.5, 0.6) is 0 Å².